The van der Waals surface area contributed by atoms with Gasteiger partial charge in [-0.3, -0.25) is 0 Å². The Labute approximate surface area is 188 Å². The Morgan fingerprint density at radius 2 is 0.774 bits per heavy atom. The van der Waals surface area contributed by atoms with E-state index in [1.54, 1.807) is 0 Å². The molecule has 1 aliphatic heterocycles. The van der Waals surface area contributed by atoms with Crippen LogP contribution in [0.15, 0.2) is 121 Å². The third kappa shape index (κ3) is 3.41. The first-order valence-electron chi connectivity index (χ1n) is 10.9. The molecule has 4 aromatic rings. The Hall–Kier alpha value is -3.10. The van der Waals surface area contributed by atoms with E-state index in [0.29, 0.717) is 0 Å². The van der Waals surface area contributed by atoms with Gasteiger partial charge in [0.15, 0.2) is 0 Å². The van der Waals surface area contributed by atoms with Crippen LogP contribution in [-0.2, 0) is 0 Å². The van der Waals surface area contributed by atoms with Gasteiger partial charge < -0.3 is 0 Å². The van der Waals surface area contributed by atoms with Crippen LogP contribution < -0.4 is 8.79 Å². The van der Waals surface area contributed by atoms with E-state index in [0.717, 1.165) is 0 Å². The third-order valence-electron chi connectivity index (χ3n) is 6.36. The van der Waals surface area contributed by atoms with Gasteiger partial charge in [0.2, 0.25) is 0 Å². The van der Waals surface area contributed by atoms with Gasteiger partial charge in [-0.15, -0.1) is 0 Å². The van der Waals surface area contributed by atoms with Crippen LogP contribution in [0.25, 0.3) is 8.81 Å². The molecule has 0 bridgehead atoms. The Morgan fingerprint density at radius 3 is 1.13 bits per heavy atom. The van der Waals surface area contributed by atoms with Crippen LogP contribution in [0.3, 0.4) is 0 Å². The number of benzene rings is 4. The molecule has 0 unspecified atom stereocenters. The molecule has 0 saturated heterocycles. The van der Waals surface area contributed by atoms with Gasteiger partial charge in [0, 0.05) is 0 Å². The fourth-order valence-electron chi connectivity index (χ4n) is 4.82. The molecule has 0 amide bonds. The molecular weight excluding hydrogens is 433 g/mol. The third-order valence-corrected chi connectivity index (χ3v) is 16.7. The van der Waals surface area contributed by atoms with Crippen LogP contribution in [0.2, 0.25) is 0 Å². The molecule has 0 aromatic heterocycles. The number of aryl methyl sites for hydroxylation is 2. The van der Waals surface area contributed by atoms with E-state index in [1.165, 1.54) is 39.9 Å². The van der Waals surface area contributed by atoms with Crippen LogP contribution in [0.4, 0.5) is 0 Å². The summed E-state index contributed by atoms with van der Waals surface area (Å²) in [6.45, 7) is 4.32. The molecule has 0 saturated carbocycles. The van der Waals surface area contributed by atoms with Gasteiger partial charge in [-0.2, -0.15) is 0 Å². The van der Waals surface area contributed by atoms with Crippen LogP contribution in [0.5, 0.6) is 0 Å². The van der Waals surface area contributed by atoms with Crippen molar-refractivity contribution >= 4 is 30.9 Å². The SMILES string of the molecule is Cc1ccc([C]2=CC=[C](c3ccc(C)cc3)[Ge]2([c]2ccccc2)[c]2ccccc2)cc1. The Bertz CT molecular complexity index is 1140. The van der Waals surface area contributed by atoms with Gasteiger partial charge in [0.25, 0.3) is 0 Å². The summed E-state index contributed by atoms with van der Waals surface area (Å²) in [5, 5.41) is 0. The first kappa shape index (κ1) is 19.8. The van der Waals surface area contributed by atoms with E-state index in [1.807, 2.05) is 0 Å². The van der Waals surface area contributed by atoms with Crippen molar-refractivity contribution in [1.29, 1.82) is 0 Å². The van der Waals surface area contributed by atoms with Crippen molar-refractivity contribution < 1.29 is 0 Å². The molecule has 0 atom stereocenters. The molecule has 0 fully saturated rings. The molecule has 1 heteroatoms. The van der Waals surface area contributed by atoms with Gasteiger partial charge >= 0.3 is 188 Å². The van der Waals surface area contributed by atoms with Crippen molar-refractivity contribution in [3.05, 3.63) is 144 Å². The topological polar surface area (TPSA) is 0 Å². The zero-order valence-corrected chi connectivity index (χ0v) is 20.1. The molecule has 1 aliphatic rings. The molecule has 150 valence electrons. The van der Waals surface area contributed by atoms with Crippen LogP contribution in [0, 0.1) is 13.8 Å². The molecule has 0 aliphatic carbocycles. The van der Waals surface area contributed by atoms with Crippen LogP contribution in [0.1, 0.15) is 22.3 Å². The normalized spacial score (nSPS) is 14.8. The summed E-state index contributed by atoms with van der Waals surface area (Å²) in [7, 11) is 0. The second-order valence-electron chi connectivity index (χ2n) is 8.37. The van der Waals surface area contributed by atoms with Gasteiger partial charge in [-0.25, -0.2) is 0 Å². The molecular formula is C30H26Ge. The fraction of sp³-hybridized carbons (Fsp3) is 0.0667. The molecule has 1 heterocycles. The predicted molar refractivity (Wildman–Crippen MR) is 136 cm³/mol. The Kier molecular flexibility index (Phi) is 5.25. The van der Waals surface area contributed by atoms with E-state index >= 15 is 0 Å². The number of allylic oxidation sites excluding steroid dienone is 2. The summed E-state index contributed by atoms with van der Waals surface area (Å²) in [5.74, 6) is 0. The van der Waals surface area contributed by atoms with Crippen molar-refractivity contribution in [3.8, 4) is 0 Å². The summed E-state index contributed by atoms with van der Waals surface area (Å²) in [4.78, 5) is 0. The summed E-state index contributed by atoms with van der Waals surface area (Å²) < 4.78 is 5.97. The molecule has 0 N–H and O–H groups in total. The molecule has 5 rings (SSSR count). The first-order valence-corrected chi connectivity index (χ1v) is 15.1. The van der Waals surface area contributed by atoms with Gasteiger partial charge in [-0.05, 0) is 0 Å². The Morgan fingerprint density at radius 1 is 0.419 bits per heavy atom. The van der Waals surface area contributed by atoms with Crippen molar-refractivity contribution in [2.45, 2.75) is 13.8 Å². The van der Waals surface area contributed by atoms with E-state index in [4.69, 9.17) is 0 Å². The van der Waals surface area contributed by atoms with Crippen molar-refractivity contribution in [3.63, 3.8) is 0 Å². The predicted octanol–water partition coefficient (Wildman–Crippen LogP) is 6.13. The summed E-state index contributed by atoms with van der Waals surface area (Å²) in [6, 6.07) is 40.6. The van der Waals surface area contributed by atoms with Crippen molar-refractivity contribution in [2.75, 3.05) is 0 Å². The number of hydrogen-bond acceptors (Lipinski definition) is 0. The molecule has 31 heavy (non-hydrogen) atoms. The minimum absolute atomic E-state index is 1.30. The van der Waals surface area contributed by atoms with Crippen molar-refractivity contribution in [1.82, 2.24) is 0 Å². The maximum atomic E-state index is 2.40. The monoisotopic (exact) mass is 460 g/mol. The first-order chi connectivity index (χ1) is 15.2. The van der Waals surface area contributed by atoms with Crippen LogP contribution >= 0.6 is 0 Å². The molecule has 4 aromatic carbocycles. The maximum absolute atomic E-state index is 3.16. The van der Waals surface area contributed by atoms with E-state index in [9.17, 15) is 0 Å². The second-order valence-corrected chi connectivity index (χ2v) is 16.2. The van der Waals surface area contributed by atoms with Gasteiger partial charge in [0.1, 0.15) is 0 Å². The summed E-state index contributed by atoms with van der Waals surface area (Å²) >= 11 is -3.16. The molecule has 0 nitrogen and oxygen atoms in total. The summed E-state index contributed by atoms with van der Waals surface area (Å²) in [6.07, 6.45) is 4.81. The molecule has 0 radical (unpaired) electrons. The number of hydrogen-bond donors (Lipinski definition) is 0. The quantitative estimate of drug-likeness (QED) is 0.323. The second kappa shape index (κ2) is 8.21. The van der Waals surface area contributed by atoms with E-state index in [-0.39, 0.29) is 0 Å². The Balaban J connectivity index is 1.83. The zero-order valence-electron chi connectivity index (χ0n) is 18.0. The fourth-order valence-corrected chi connectivity index (χ4v) is 15.6. The number of rotatable bonds is 4. The van der Waals surface area contributed by atoms with Gasteiger partial charge in [-0.1, -0.05) is 0 Å². The zero-order chi connectivity index (χ0) is 21.3. The minimum atomic E-state index is -3.16. The standard InChI is InChI=1S/C30H26Ge/c1-23-13-17-25(18-14-23)29-21-22-30(26-19-15-24(2)16-20-26)31(29,27-9-5-3-6-10-27)28-11-7-4-8-12-28/h3-22H,1-2H3. The summed E-state index contributed by atoms with van der Waals surface area (Å²) in [5.41, 5.74) is 5.28. The average Bonchev–Trinajstić information content (AvgIpc) is 3.22. The van der Waals surface area contributed by atoms with E-state index in [2.05, 4.69) is 135 Å². The van der Waals surface area contributed by atoms with E-state index < -0.39 is 13.3 Å². The van der Waals surface area contributed by atoms with Gasteiger partial charge in [0.05, 0.1) is 0 Å². The van der Waals surface area contributed by atoms with Crippen molar-refractivity contribution in [2.24, 2.45) is 0 Å². The average molecular weight is 459 g/mol. The molecule has 0 spiro atoms. The van der Waals surface area contributed by atoms with Crippen LogP contribution in [-0.4, -0.2) is 13.3 Å².